The summed E-state index contributed by atoms with van der Waals surface area (Å²) in [7, 11) is 0. The maximum Gasteiger partial charge on any atom is 0.163 e. The van der Waals surface area contributed by atoms with Crippen LogP contribution in [0.2, 0.25) is 0 Å². The molecule has 0 aliphatic carbocycles. The molecule has 96 valence electrons. The van der Waals surface area contributed by atoms with Gasteiger partial charge in [-0.05, 0) is 38.1 Å². The maximum atomic E-state index is 6.01. The van der Waals surface area contributed by atoms with Gasteiger partial charge < -0.3 is 10.3 Å². The highest BCUT2D eigenvalue weighted by Gasteiger charge is 2.17. The van der Waals surface area contributed by atoms with Crippen LogP contribution < -0.4 is 5.73 Å². The van der Waals surface area contributed by atoms with Crippen molar-refractivity contribution >= 4 is 16.9 Å². The van der Waals surface area contributed by atoms with Gasteiger partial charge in [-0.2, -0.15) is 0 Å². The van der Waals surface area contributed by atoms with Gasteiger partial charge in [-0.1, -0.05) is 0 Å². The number of rotatable bonds is 2. The first-order valence-corrected chi connectivity index (χ1v) is 6.22. The number of anilines is 1. The Balaban J connectivity index is 2.35. The van der Waals surface area contributed by atoms with E-state index in [1.807, 2.05) is 24.3 Å². The van der Waals surface area contributed by atoms with Gasteiger partial charge in [0, 0.05) is 18.4 Å². The van der Waals surface area contributed by atoms with E-state index >= 15 is 0 Å². The number of hydrogen-bond acceptors (Lipinski definition) is 4. The van der Waals surface area contributed by atoms with Crippen molar-refractivity contribution in [1.82, 2.24) is 19.5 Å². The van der Waals surface area contributed by atoms with Gasteiger partial charge in [0.2, 0.25) is 0 Å². The smallest absolute Gasteiger partial charge is 0.163 e. The first-order chi connectivity index (χ1) is 9.18. The third kappa shape index (κ3) is 1.83. The van der Waals surface area contributed by atoms with E-state index in [2.05, 4.69) is 33.4 Å². The molecule has 0 spiro atoms. The molecule has 5 nitrogen and oxygen atoms in total. The minimum absolute atomic E-state index is 0.233. The Kier molecular flexibility index (Phi) is 2.67. The molecule has 0 bridgehead atoms. The Morgan fingerprint density at radius 1 is 1.11 bits per heavy atom. The van der Waals surface area contributed by atoms with Crippen LogP contribution in [0.1, 0.15) is 19.9 Å². The lowest BCUT2D eigenvalue weighted by atomic mass is 10.2. The van der Waals surface area contributed by atoms with Crippen LogP contribution in [0.3, 0.4) is 0 Å². The Bertz CT molecular complexity index is 730. The summed E-state index contributed by atoms with van der Waals surface area (Å²) in [6.45, 7) is 4.19. The molecule has 3 heterocycles. The average molecular weight is 253 g/mol. The molecular weight excluding hydrogens is 238 g/mol. The summed E-state index contributed by atoms with van der Waals surface area (Å²) >= 11 is 0. The highest BCUT2D eigenvalue weighted by atomic mass is 15.2. The first-order valence-electron chi connectivity index (χ1n) is 6.22. The number of nitrogen functional groups attached to an aromatic ring is 1. The molecule has 3 rings (SSSR count). The Morgan fingerprint density at radius 2 is 1.84 bits per heavy atom. The van der Waals surface area contributed by atoms with E-state index < -0.39 is 0 Å². The van der Waals surface area contributed by atoms with Crippen molar-refractivity contribution in [2.75, 3.05) is 5.73 Å². The minimum atomic E-state index is 0.233. The molecule has 0 aromatic carbocycles. The van der Waals surface area contributed by atoms with Crippen molar-refractivity contribution in [3.8, 4) is 11.5 Å². The molecule has 0 aliphatic rings. The zero-order chi connectivity index (χ0) is 13.4. The number of aromatic nitrogens is 4. The Hall–Kier alpha value is -2.43. The van der Waals surface area contributed by atoms with Crippen LogP contribution in [-0.2, 0) is 0 Å². The molecule has 0 unspecified atom stereocenters. The van der Waals surface area contributed by atoms with E-state index in [4.69, 9.17) is 5.73 Å². The Labute approximate surface area is 111 Å². The third-order valence-corrected chi connectivity index (χ3v) is 3.02. The van der Waals surface area contributed by atoms with Gasteiger partial charge in [-0.15, -0.1) is 0 Å². The van der Waals surface area contributed by atoms with E-state index in [9.17, 15) is 0 Å². The predicted molar refractivity (Wildman–Crippen MR) is 75.6 cm³/mol. The van der Waals surface area contributed by atoms with Gasteiger partial charge in [0.25, 0.3) is 0 Å². The second-order valence-electron chi connectivity index (χ2n) is 4.69. The summed E-state index contributed by atoms with van der Waals surface area (Å²) in [6.07, 6.45) is 3.50. The molecule has 0 saturated heterocycles. The summed E-state index contributed by atoms with van der Waals surface area (Å²) < 4.78 is 2.06. The highest BCUT2D eigenvalue weighted by molar-refractivity contribution is 5.79. The van der Waals surface area contributed by atoms with Crippen molar-refractivity contribution in [1.29, 1.82) is 0 Å². The lowest BCUT2D eigenvalue weighted by Gasteiger charge is -2.12. The maximum absolute atomic E-state index is 6.01. The van der Waals surface area contributed by atoms with E-state index in [0.29, 0.717) is 11.4 Å². The SMILES string of the molecule is CC(C)n1c(-c2ncccc2N)nc2cccnc21. The largest absolute Gasteiger partial charge is 0.397 e. The van der Waals surface area contributed by atoms with Crippen molar-refractivity contribution < 1.29 is 0 Å². The molecule has 3 aromatic heterocycles. The molecular formula is C14H15N5. The van der Waals surface area contributed by atoms with E-state index in [-0.39, 0.29) is 6.04 Å². The van der Waals surface area contributed by atoms with Crippen LogP contribution in [0.5, 0.6) is 0 Å². The summed E-state index contributed by atoms with van der Waals surface area (Å²) in [4.78, 5) is 13.4. The lowest BCUT2D eigenvalue weighted by molar-refractivity contribution is 0.618. The second-order valence-corrected chi connectivity index (χ2v) is 4.69. The van der Waals surface area contributed by atoms with Crippen LogP contribution >= 0.6 is 0 Å². The van der Waals surface area contributed by atoms with Crippen LogP contribution in [0.15, 0.2) is 36.7 Å². The zero-order valence-electron chi connectivity index (χ0n) is 10.9. The topological polar surface area (TPSA) is 69.6 Å². The second kappa shape index (κ2) is 4.35. The number of imidazole rings is 1. The van der Waals surface area contributed by atoms with Crippen LogP contribution in [0.4, 0.5) is 5.69 Å². The molecule has 19 heavy (non-hydrogen) atoms. The number of pyridine rings is 2. The lowest BCUT2D eigenvalue weighted by Crippen LogP contribution is -2.06. The summed E-state index contributed by atoms with van der Waals surface area (Å²) in [5.41, 5.74) is 9.05. The third-order valence-electron chi connectivity index (χ3n) is 3.02. The minimum Gasteiger partial charge on any atom is -0.397 e. The van der Waals surface area contributed by atoms with Crippen LogP contribution in [0, 0.1) is 0 Å². The zero-order valence-corrected chi connectivity index (χ0v) is 10.9. The van der Waals surface area contributed by atoms with E-state index in [1.54, 1.807) is 12.4 Å². The molecule has 0 radical (unpaired) electrons. The number of nitrogens with zero attached hydrogens (tertiary/aromatic N) is 4. The molecule has 0 saturated carbocycles. The fourth-order valence-electron chi connectivity index (χ4n) is 2.19. The number of fused-ring (bicyclic) bond motifs is 1. The van der Waals surface area contributed by atoms with Crippen molar-refractivity contribution in [2.24, 2.45) is 0 Å². The van der Waals surface area contributed by atoms with Crippen molar-refractivity contribution in [3.63, 3.8) is 0 Å². The molecule has 0 aliphatic heterocycles. The fourth-order valence-corrected chi connectivity index (χ4v) is 2.19. The Morgan fingerprint density at radius 3 is 2.58 bits per heavy atom. The molecule has 2 N–H and O–H groups in total. The molecule has 0 atom stereocenters. The summed E-state index contributed by atoms with van der Waals surface area (Å²) in [5, 5.41) is 0. The normalized spacial score (nSPS) is 11.3. The van der Waals surface area contributed by atoms with E-state index in [0.717, 1.165) is 17.0 Å². The predicted octanol–water partition coefficient (Wildman–Crippen LogP) is 2.66. The van der Waals surface area contributed by atoms with Crippen molar-refractivity contribution in [2.45, 2.75) is 19.9 Å². The van der Waals surface area contributed by atoms with Gasteiger partial charge in [0.15, 0.2) is 11.5 Å². The van der Waals surface area contributed by atoms with E-state index in [1.165, 1.54) is 0 Å². The number of hydrogen-bond donors (Lipinski definition) is 1. The highest BCUT2D eigenvalue weighted by Crippen LogP contribution is 2.28. The van der Waals surface area contributed by atoms with Gasteiger partial charge >= 0.3 is 0 Å². The van der Waals surface area contributed by atoms with Gasteiger partial charge in [0.1, 0.15) is 11.2 Å². The summed E-state index contributed by atoms with van der Waals surface area (Å²) in [6, 6.07) is 7.71. The van der Waals surface area contributed by atoms with Gasteiger partial charge in [0.05, 0.1) is 5.69 Å². The summed E-state index contributed by atoms with van der Waals surface area (Å²) in [5.74, 6) is 0.766. The van der Waals surface area contributed by atoms with Gasteiger partial charge in [-0.3, -0.25) is 4.98 Å². The van der Waals surface area contributed by atoms with Crippen molar-refractivity contribution in [3.05, 3.63) is 36.7 Å². The fraction of sp³-hybridized carbons (Fsp3) is 0.214. The first kappa shape index (κ1) is 11.6. The van der Waals surface area contributed by atoms with Crippen LogP contribution in [-0.4, -0.2) is 19.5 Å². The van der Waals surface area contributed by atoms with Gasteiger partial charge in [-0.25, -0.2) is 9.97 Å². The quantitative estimate of drug-likeness (QED) is 0.762. The van der Waals surface area contributed by atoms with Crippen LogP contribution in [0.25, 0.3) is 22.7 Å². The number of nitrogens with two attached hydrogens (primary N) is 1. The standard InChI is InChI=1S/C14H15N5/c1-9(2)19-13-11(6-4-8-17-13)18-14(19)12-10(15)5-3-7-16-12/h3-9H,15H2,1-2H3. The average Bonchev–Trinajstić information content (AvgIpc) is 2.78. The monoisotopic (exact) mass is 253 g/mol. The molecule has 0 fully saturated rings. The molecule has 3 aromatic rings. The molecule has 0 amide bonds. The molecule has 5 heteroatoms.